The van der Waals surface area contributed by atoms with Crippen LogP contribution in [0.5, 0.6) is 5.75 Å². The van der Waals surface area contributed by atoms with Gasteiger partial charge in [-0.25, -0.2) is 0 Å². The van der Waals surface area contributed by atoms with Crippen LogP contribution in [-0.4, -0.2) is 17.6 Å². The van der Waals surface area contributed by atoms with Gasteiger partial charge in [0.15, 0.2) is 4.80 Å². The highest BCUT2D eigenvalue weighted by Crippen LogP contribution is 2.28. The van der Waals surface area contributed by atoms with E-state index >= 15 is 0 Å². The molecule has 0 fully saturated rings. The molecule has 0 aliphatic carbocycles. The number of aryl methyl sites for hydroxylation is 2. The molecule has 4 nitrogen and oxygen atoms in total. The lowest BCUT2D eigenvalue weighted by Gasteiger charge is -2.09. The van der Waals surface area contributed by atoms with E-state index in [0.717, 1.165) is 33.5 Å². The Kier molecular flexibility index (Phi) is 6.52. The van der Waals surface area contributed by atoms with Crippen LogP contribution in [-0.2, 0) is 13.0 Å². The van der Waals surface area contributed by atoms with Crippen LogP contribution in [0.1, 0.15) is 34.6 Å². The first-order valence-corrected chi connectivity index (χ1v) is 10.8. The van der Waals surface area contributed by atoms with Crippen LogP contribution in [0.2, 0.25) is 0 Å². The van der Waals surface area contributed by atoms with Gasteiger partial charge in [0.05, 0.1) is 17.3 Å². The molecule has 28 heavy (non-hydrogen) atoms. The summed E-state index contributed by atoms with van der Waals surface area (Å²) in [5, 5.41) is 0. The van der Waals surface area contributed by atoms with E-state index in [0.29, 0.717) is 11.3 Å². The molecule has 1 aromatic heterocycles. The molecule has 0 saturated carbocycles. The number of aromatic nitrogens is 1. The molecule has 0 aliphatic rings. The Morgan fingerprint density at radius 3 is 2.46 bits per heavy atom. The van der Waals surface area contributed by atoms with Crippen molar-refractivity contribution in [3.63, 3.8) is 0 Å². The van der Waals surface area contributed by atoms with Crippen LogP contribution in [0.4, 0.5) is 0 Å². The molecule has 0 aliphatic heterocycles. The third-order valence-electron chi connectivity index (χ3n) is 4.54. The molecule has 0 saturated heterocycles. The zero-order valence-electron chi connectivity index (χ0n) is 16.5. The number of carbonyl (C=O) groups excluding carboxylic acids is 1. The van der Waals surface area contributed by atoms with E-state index in [9.17, 15) is 4.79 Å². The van der Waals surface area contributed by atoms with Crippen LogP contribution in [0.25, 0.3) is 11.3 Å². The van der Waals surface area contributed by atoms with Crippen molar-refractivity contribution in [3.05, 3.63) is 67.7 Å². The third-order valence-corrected chi connectivity index (χ3v) is 6.38. The number of halogens is 1. The SMILES string of the molecule is CCc1sc(=NC(=O)c2ccc(OC)c(Br)c2)n(CC)c1-c1ccc(C)cc1. The zero-order valence-corrected chi connectivity index (χ0v) is 18.9. The molecule has 0 N–H and O–H groups in total. The summed E-state index contributed by atoms with van der Waals surface area (Å²) in [6, 6.07) is 13.7. The van der Waals surface area contributed by atoms with E-state index < -0.39 is 0 Å². The van der Waals surface area contributed by atoms with Crippen molar-refractivity contribution in [1.29, 1.82) is 0 Å². The summed E-state index contributed by atoms with van der Waals surface area (Å²) >= 11 is 5.01. The molecule has 0 radical (unpaired) electrons. The van der Waals surface area contributed by atoms with Gasteiger partial charge in [-0.05, 0) is 60.0 Å². The highest BCUT2D eigenvalue weighted by atomic mass is 79.9. The number of hydrogen-bond donors (Lipinski definition) is 0. The second kappa shape index (κ2) is 8.88. The smallest absolute Gasteiger partial charge is 0.279 e. The van der Waals surface area contributed by atoms with Gasteiger partial charge in [0.25, 0.3) is 5.91 Å². The summed E-state index contributed by atoms with van der Waals surface area (Å²) in [7, 11) is 1.60. The summed E-state index contributed by atoms with van der Waals surface area (Å²) in [5.74, 6) is 0.427. The van der Waals surface area contributed by atoms with E-state index in [1.165, 1.54) is 10.4 Å². The molecule has 6 heteroatoms. The number of benzene rings is 2. The quantitative estimate of drug-likeness (QED) is 0.497. The Morgan fingerprint density at radius 1 is 1.18 bits per heavy atom. The molecule has 3 aromatic rings. The average molecular weight is 459 g/mol. The summed E-state index contributed by atoms with van der Waals surface area (Å²) in [6.45, 7) is 7.05. The molecule has 146 valence electrons. The normalized spacial score (nSPS) is 11.7. The minimum Gasteiger partial charge on any atom is -0.496 e. The number of methoxy groups -OCH3 is 1. The van der Waals surface area contributed by atoms with Crippen LogP contribution >= 0.6 is 27.3 Å². The molecule has 1 heterocycles. The van der Waals surface area contributed by atoms with Gasteiger partial charge in [0, 0.05) is 17.0 Å². The number of hydrogen-bond acceptors (Lipinski definition) is 3. The topological polar surface area (TPSA) is 43.6 Å². The van der Waals surface area contributed by atoms with Gasteiger partial charge in [-0.2, -0.15) is 4.99 Å². The zero-order chi connectivity index (χ0) is 20.3. The molecule has 0 bridgehead atoms. The summed E-state index contributed by atoms with van der Waals surface area (Å²) < 4.78 is 8.10. The highest BCUT2D eigenvalue weighted by Gasteiger charge is 2.15. The number of nitrogens with zero attached hydrogens (tertiary/aromatic N) is 2. The lowest BCUT2D eigenvalue weighted by Crippen LogP contribution is -2.17. The maximum absolute atomic E-state index is 12.8. The van der Waals surface area contributed by atoms with Crippen molar-refractivity contribution < 1.29 is 9.53 Å². The lowest BCUT2D eigenvalue weighted by atomic mass is 10.1. The number of rotatable bonds is 5. The van der Waals surface area contributed by atoms with Crippen molar-refractivity contribution in [2.45, 2.75) is 33.7 Å². The van der Waals surface area contributed by atoms with E-state index in [1.54, 1.807) is 36.6 Å². The van der Waals surface area contributed by atoms with Crippen molar-refractivity contribution in [2.75, 3.05) is 7.11 Å². The molecule has 1 amide bonds. The Bertz CT molecular complexity index is 1070. The van der Waals surface area contributed by atoms with Crippen LogP contribution in [0.3, 0.4) is 0 Å². The summed E-state index contributed by atoms with van der Waals surface area (Å²) in [6.07, 6.45) is 0.895. The molecule has 0 atom stereocenters. The Labute approximate surface area is 177 Å². The largest absolute Gasteiger partial charge is 0.496 e. The maximum Gasteiger partial charge on any atom is 0.279 e. The first-order valence-electron chi connectivity index (χ1n) is 9.20. The summed E-state index contributed by atoms with van der Waals surface area (Å²) in [4.78, 5) is 19.2. The standard InChI is InChI=1S/C22H23BrN2O2S/c1-5-19-20(15-9-7-14(3)8-10-15)25(6-2)22(28-19)24-21(26)16-11-12-18(27-4)17(23)13-16/h7-13H,5-6H2,1-4H3. The van der Waals surface area contributed by atoms with Crippen molar-refractivity contribution >= 4 is 33.2 Å². The third kappa shape index (κ3) is 4.13. The highest BCUT2D eigenvalue weighted by molar-refractivity contribution is 9.10. The number of amides is 1. The monoisotopic (exact) mass is 458 g/mol. The second-order valence-electron chi connectivity index (χ2n) is 6.39. The minimum absolute atomic E-state index is 0.259. The van der Waals surface area contributed by atoms with Gasteiger partial charge in [0.2, 0.25) is 0 Å². The van der Waals surface area contributed by atoms with Crippen molar-refractivity contribution in [1.82, 2.24) is 4.57 Å². The Hall–Kier alpha value is -2.18. The first kappa shape index (κ1) is 20.6. The fourth-order valence-corrected chi connectivity index (χ4v) is 4.74. The molecule has 0 unspecified atom stereocenters. The number of carbonyl (C=O) groups is 1. The first-order chi connectivity index (χ1) is 13.5. The Morgan fingerprint density at radius 2 is 1.89 bits per heavy atom. The van der Waals surface area contributed by atoms with E-state index in [2.05, 4.69) is 70.5 Å². The number of thiazole rings is 1. The van der Waals surface area contributed by atoms with Crippen molar-refractivity contribution in [3.8, 4) is 17.0 Å². The second-order valence-corrected chi connectivity index (χ2v) is 8.30. The predicted molar refractivity (Wildman–Crippen MR) is 118 cm³/mol. The van der Waals surface area contributed by atoms with Gasteiger partial charge in [-0.1, -0.05) is 36.8 Å². The lowest BCUT2D eigenvalue weighted by molar-refractivity contribution is 0.0997. The Balaban J connectivity index is 2.10. The molecule has 0 spiro atoms. The van der Waals surface area contributed by atoms with Gasteiger partial charge >= 0.3 is 0 Å². The maximum atomic E-state index is 12.8. The fourth-order valence-electron chi connectivity index (χ4n) is 3.06. The van der Waals surface area contributed by atoms with E-state index in [4.69, 9.17) is 4.74 Å². The fraction of sp³-hybridized carbons (Fsp3) is 0.273. The molecule has 3 rings (SSSR count). The molecule has 2 aromatic carbocycles. The van der Waals surface area contributed by atoms with Crippen molar-refractivity contribution in [2.24, 2.45) is 4.99 Å². The van der Waals surface area contributed by atoms with Gasteiger partial charge < -0.3 is 9.30 Å². The summed E-state index contributed by atoms with van der Waals surface area (Å²) in [5.41, 5.74) is 4.06. The predicted octanol–water partition coefficient (Wildman–Crippen LogP) is 5.62. The van der Waals surface area contributed by atoms with Gasteiger partial charge in [-0.3, -0.25) is 4.79 Å². The molecular weight excluding hydrogens is 436 g/mol. The van der Waals surface area contributed by atoms with Crippen LogP contribution < -0.4 is 9.54 Å². The average Bonchev–Trinajstić information content (AvgIpc) is 3.05. The van der Waals surface area contributed by atoms with Gasteiger partial charge in [0.1, 0.15) is 5.75 Å². The van der Waals surface area contributed by atoms with E-state index in [1.807, 2.05) is 0 Å². The van der Waals surface area contributed by atoms with Gasteiger partial charge in [-0.15, -0.1) is 11.3 Å². The van der Waals surface area contributed by atoms with Crippen LogP contribution in [0.15, 0.2) is 51.9 Å². The number of ether oxygens (including phenoxy) is 1. The van der Waals surface area contributed by atoms with E-state index in [-0.39, 0.29) is 5.91 Å². The molecular formula is C22H23BrN2O2S. The van der Waals surface area contributed by atoms with Crippen LogP contribution in [0, 0.1) is 6.92 Å². The minimum atomic E-state index is -0.259.